The zero-order valence-electron chi connectivity index (χ0n) is 9.90. The van der Waals surface area contributed by atoms with Crippen molar-refractivity contribution in [2.45, 2.75) is 65.8 Å². The Morgan fingerprint density at radius 2 is 1.77 bits per heavy atom. The van der Waals surface area contributed by atoms with Gasteiger partial charge in [-0.2, -0.15) is 0 Å². The Morgan fingerprint density at radius 1 is 1.08 bits per heavy atom. The molecule has 0 saturated heterocycles. The van der Waals surface area contributed by atoms with Crippen LogP contribution in [-0.2, 0) is 0 Å². The predicted molar refractivity (Wildman–Crippen MR) is 61.1 cm³/mol. The Balaban J connectivity index is 3.46. The van der Waals surface area contributed by atoms with E-state index < -0.39 is 0 Å². The minimum Gasteiger partial charge on any atom is -0.314 e. The van der Waals surface area contributed by atoms with Crippen LogP contribution < -0.4 is 5.32 Å². The molecule has 0 aliphatic carbocycles. The van der Waals surface area contributed by atoms with Crippen LogP contribution in [0.3, 0.4) is 0 Å². The van der Waals surface area contributed by atoms with Crippen molar-refractivity contribution >= 4 is 0 Å². The molecule has 0 rings (SSSR count). The molecule has 0 aromatic carbocycles. The zero-order valence-corrected chi connectivity index (χ0v) is 9.90. The van der Waals surface area contributed by atoms with Gasteiger partial charge in [-0.1, -0.05) is 40.0 Å². The highest BCUT2D eigenvalue weighted by molar-refractivity contribution is 4.64. The highest BCUT2D eigenvalue weighted by Crippen LogP contribution is 2.11. The van der Waals surface area contributed by atoms with Gasteiger partial charge in [0.2, 0.25) is 0 Å². The summed E-state index contributed by atoms with van der Waals surface area (Å²) < 4.78 is 0. The molecule has 1 N–H and O–H groups in total. The fourth-order valence-electron chi connectivity index (χ4n) is 1.46. The maximum absolute atomic E-state index is 3.59. The van der Waals surface area contributed by atoms with Gasteiger partial charge in [0, 0.05) is 6.04 Å². The molecule has 0 bridgehead atoms. The molecule has 13 heavy (non-hydrogen) atoms. The van der Waals surface area contributed by atoms with Crippen molar-refractivity contribution in [2.24, 2.45) is 5.92 Å². The molecule has 80 valence electrons. The van der Waals surface area contributed by atoms with E-state index in [1.54, 1.807) is 0 Å². The first kappa shape index (κ1) is 13.0. The molecular weight excluding hydrogens is 158 g/mol. The van der Waals surface area contributed by atoms with Gasteiger partial charge >= 0.3 is 0 Å². The summed E-state index contributed by atoms with van der Waals surface area (Å²) in [6, 6.07) is 0.690. The van der Waals surface area contributed by atoms with Crippen molar-refractivity contribution in [2.75, 3.05) is 6.54 Å². The highest BCUT2D eigenvalue weighted by atomic mass is 14.9. The van der Waals surface area contributed by atoms with Gasteiger partial charge in [0.25, 0.3) is 0 Å². The first-order valence-electron chi connectivity index (χ1n) is 5.97. The fraction of sp³-hybridized carbons (Fsp3) is 1.00. The van der Waals surface area contributed by atoms with Gasteiger partial charge in [-0.15, -0.1) is 0 Å². The summed E-state index contributed by atoms with van der Waals surface area (Å²) in [5.41, 5.74) is 0. The van der Waals surface area contributed by atoms with Gasteiger partial charge < -0.3 is 5.32 Å². The summed E-state index contributed by atoms with van der Waals surface area (Å²) in [5, 5.41) is 3.59. The van der Waals surface area contributed by atoms with Crippen LogP contribution in [0.1, 0.15) is 59.8 Å². The van der Waals surface area contributed by atoms with Crippen LogP contribution in [0.25, 0.3) is 0 Å². The van der Waals surface area contributed by atoms with Gasteiger partial charge in [0.15, 0.2) is 0 Å². The normalized spacial score (nSPS) is 15.7. The van der Waals surface area contributed by atoms with Crippen molar-refractivity contribution in [3.05, 3.63) is 0 Å². The molecule has 2 atom stereocenters. The van der Waals surface area contributed by atoms with Crippen LogP contribution in [0.5, 0.6) is 0 Å². The lowest BCUT2D eigenvalue weighted by atomic mass is 9.99. The lowest BCUT2D eigenvalue weighted by Crippen LogP contribution is -2.30. The van der Waals surface area contributed by atoms with Crippen LogP contribution in [0.15, 0.2) is 0 Å². The number of hydrogen-bond acceptors (Lipinski definition) is 1. The van der Waals surface area contributed by atoms with Crippen molar-refractivity contribution in [3.63, 3.8) is 0 Å². The second kappa shape index (κ2) is 8.55. The lowest BCUT2D eigenvalue weighted by molar-refractivity contribution is 0.392. The molecule has 0 aromatic heterocycles. The van der Waals surface area contributed by atoms with E-state index in [1.165, 1.54) is 38.6 Å². The minimum absolute atomic E-state index is 0.690. The second-order valence-electron chi connectivity index (χ2n) is 4.13. The van der Waals surface area contributed by atoms with Crippen LogP contribution in [-0.4, -0.2) is 12.6 Å². The molecule has 0 heterocycles. The molecule has 0 amide bonds. The lowest BCUT2D eigenvalue weighted by Gasteiger charge is -2.18. The molecule has 0 aliphatic rings. The van der Waals surface area contributed by atoms with E-state index in [-0.39, 0.29) is 0 Å². The molecule has 0 saturated carbocycles. The fourth-order valence-corrected chi connectivity index (χ4v) is 1.46. The predicted octanol–water partition coefficient (Wildman–Crippen LogP) is 3.59. The van der Waals surface area contributed by atoms with Crippen LogP contribution in [0.4, 0.5) is 0 Å². The smallest absolute Gasteiger partial charge is 0.00362 e. The van der Waals surface area contributed by atoms with Crippen LogP contribution in [0.2, 0.25) is 0 Å². The second-order valence-corrected chi connectivity index (χ2v) is 4.13. The average molecular weight is 185 g/mol. The van der Waals surface area contributed by atoms with E-state index in [4.69, 9.17) is 0 Å². The molecule has 0 aliphatic heterocycles. The third-order valence-corrected chi connectivity index (χ3v) is 2.91. The van der Waals surface area contributed by atoms with E-state index in [0.29, 0.717) is 6.04 Å². The monoisotopic (exact) mass is 185 g/mol. The van der Waals surface area contributed by atoms with E-state index >= 15 is 0 Å². The van der Waals surface area contributed by atoms with Crippen LogP contribution >= 0.6 is 0 Å². The molecule has 0 radical (unpaired) electrons. The molecular formula is C12H27N. The Kier molecular flexibility index (Phi) is 8.53. The summed E-state index contributed by atoms with van der Waals surface area (Å²) in [5.74, 6) is 0.897. The summed E-state index contributed by atoms with van der Waals surface area (Å²) in [4.78, 5) is 0. The van der Waals surface area contributed by atoms with Crippen LogP contribution in [0, 0.1) is 5.92 Å². The van der Waals surface area contributed by atoms with Gasteiger partial charge in [0.05, 0.1) is 0 Å². The zero-order chi connectivity index (χ0) is 10.1. The van der Waals surface area contributed by atoms with Crippen molar-refractivity contribution in [1.29, 1.82) is 0 Å². The molecule has 1 heteroatoms. The summed E-state index contributed by atoms with van der Waals surface area (Å²) in [7, 11) is 0. The third-order valence-electron chi connectivity index (χ3n) is 2.91. The maximum Gasteiger partial charge on any atom is 0.00362 e. The Labute approximate surface area is 84.3 Å². The molecule has 0 fully saturated rings. The molecule has 0 spiro atoms. The number of unbranched alkanes of at least 4 members (excludes halogenated alkanes) is 1. The Hall–Kier alpha value is -0.0400. The van der Waals surface area contributed by atoms with Gasteiger partial charge in [0.1, 0.15) is 0 Å². The first-order chi connectivity index (χ1) is 6.24. The number of rotatable bonds is 8. The van der Waals surface area contributed by atoms with Crippen molar-refractivity contribution < 1.29 is 0 Å². The average Bonchev–Trinajstić information content (AvgIpc) is 2.17. The molecule has 2 unspecified atom stereocenters. The van der Waals surface area contributed by atoms with Gasteiger partial charge in [-0.25, -0.2) is 0 Å². The Bertz CT molecular complexity index is 101. The summed E-state index contributed by atoms with van der Waals surface area (Å²) in [6.07, 6.45) is 6.69. The number of nitrogens with one attached hydrogen (secondary N) is 1. The maximum atomic E-state index is 3.59. The van der Waals surface area contributed by atoms with Gasteiger partial charge in [-0.3, -0.25) is 0 Å². The molecule has 1 nitrogen and oxygen atoms in total. The topological polar surface area (TPSA) is 12.0 Å². The summed E-state index contributed by atoms with van der Waals surface area (Å²) in [6.45, 7) is 10.3. The number of hydrogen-bond donors (Lipinski definition) is 1. The minimum atomic E-state index is 0.690. The van der Waals surface area contributed by atoms with E-state index in [0.717, 1.165) is 5.92 Å². The van der Waals surface area contributed by atoms with E-state index in [1.807, 2.05) is 0 Å². The van der Waals surface area contributed by atoms with Crippen molar-refractivity contribution in [1.82, 2.24) is 5.32 Å². The SMILES string of the molecule is CCCCC(CC)CNC(C)CC. The first-order valence-corrected chi connectivity index (χ1v) is 5.97. The Morgan fingerprint density at radius 3 is 2.23 bits per heavy atom. The third kappa shape index (κ3) is 7.06. The quantitative estimate of drug-likeness (QED) is 0.609. The van der Waals surface area contributed by atoms with Crippen molar-refractivity contribution in [3.8, 4) is 0 Å². The van der Waals surface area contributed by atoms with E-state index in [2.05, 4.69) is 33.0 Å². The van der Waals surface area contributed by atoms with Gasteiger partial charge in [-0.05, 0) is 32.2 Å². The van der Waals surface area contributed by atoms with E-state index in [9.17, 15) is 0 Å². The molecule has 0 aromatic rings. The highest BCUT2D eigenvalue weighted by Gasteiger charge is 2.06. The summed E-state index contributed by atoms with van der Waals surface area (Å²) >= 11 is 0. The largest absolute Gasteiger partial charge is 0.314 e. The standard InChI is InChI=1S/C12H27N/c1-5-8-9-12(7-3)10-13-11(4)6-2/h11-13H,5-10H2,1-4H3.